The minimum absolute atomic E-state index is 0.433. The van der Waals surface area contributed by atoms with Crippen LogP contribution >= 0.6 is 0 Å². The smallest absolute Gasteiger partial charge is 0.0715 e. The van der Waals surface area contributed by atoms with Crippen LogP contribution in [-0.4, -0.2) is 21.1 Å². The topological polar surface area (TPSA) is 42.7 Å². The zero-order valence-electron chi connectivity index (χ0n) is 11.8. The minimum Gasteiger partial charge on any atom is -0.306 e. The third-order valence-electron chi connectivity index (χ3n) is 3.09. The van der Waals surface area contributed by atoms with Crippen LogP contribution in [0.2, 0.25) is 0 Å². The highest BCUT2D eigenvalue weighted by Crippen LogP contribution is 2.09. The molecule has 4 heteroatoms. The van der Waals surface area contributed by atoms with Gasteiger partial charge in [-0.15, -0.1) is 5.10 Å². The molecule has 0 aromatic carbocycles. The van der Waals surface area contributed by atoms with E-state index in [-0.39, 0.29) is 0 Å². The average molecular weight is 251 g/mol. The van der Waals surface area contributed by atoms with Gasteiger partial charge in [-0.05, 0) is 31.4 Å². The zero-order chi connectivity index (χ0) is 13.1. The van der Waals surface area contributed by atoms with E-state index in [9.17, 15) is 0 Å². The molecule has 1 aromatic rings. The fourth-order valence-electron chi connectivity index (χ4n) is 1.97. The molecular weight excluding hydrogens is 224 g/mol. The van der Waals surface area contributed by atoms with E-state index >= 15 is 0 Å². The first kappa shape index (κ1) is 15.0. The van der Waals surface area contributed by atoms with Crippen molar-refractivity contribution in [2.45, 2.75) is 71.3 Å². The lowest BCUT2D eigenvalue weighted by Crippen LogP contribution is -2.25. The summed E-state index contributed by atoms with van der Waals surface area (Å²) in [6.07, 6.45) is 16.4. The van der Waals surface area contributed by atoms with Gasteiger partial charge < -0.3 is 5.43 Å². The van der Waals surface area contributed by atoms with Gasteiger partial charge in [0, 0.05) is 6.04 Å². The van der Waals surface area contributed by atoms with E-state index in [1.54, 1.807) is 11.0 Å². The van der Waals surface area contributed by atoms with E-state index in [4.69, 9.17) is 0 Å². The predicted molar refractivity (Wildman–Crippen MR) is 75.8 cm³/mol. The number of rotatable bonds is 11. The Morgan fingerprint density at radius 1 is 1.22 bits per heavy atom. The first-order valence-corrected chi connectivity index (χ1v) is 7.27. The highest BCUT2D eigenvalue weighted by atomic mass is 15.6. The summed E-state index contributed by atoms with van der Waals surface area (Å²) in [6.45, 7) is 4.44. The second kappa shape index (κ2) is 9.92. The lowest BCUT2D eigenvalue weighted by atomic mass is 10.1. The molecule has 1 N–H and O–H groups in total. The predicted octanol–water partition coefficient (Wildman–Crippen LogP) is 3.56. The van der Waals surface area contributed by atoms with E-state index in [0.29, 0.717) is 6.04 Å². The maximum atomic E-state index is 3.89. The molecule has 0 aliphatic heterocycles. The van der Waals surface area contributed by atoms with E-state index in [1.165, 1.54) is 44.9 Å². The van der Waals surface area contributed by atoms with Crippen LogP contribution in [0.3, 0.4) is 0 Å². The van der Waals surface area contributed by atoms with Crippen LogP contribution in [0.4, 0.5) is 0 Å². The largest absolute Gasteiger partial charge is 0.306 e. The monoisotopic (exact) mass is 251 g/mol. The fraction of sp³-hybridized carbons (Fsp3) is 0.786. The molecule has 1 radical (unpaired) electrons. The van der Waals surface area contributed by atoms with Crippen LogP contribution in [0, 0.1) is 6.42 Å². The molecule has 0 saturated carbocycles. The summed E-state index contributed by atoms with van der Waals surface area (Å²) in [4.78, 5) is 1.68. The number of nitrogens with zero attached hydrogens (tertiary/aromatic N) is 3. The van der Waals surface area contributed by atoms with E-state index in [1.807, 2.05) is 6.20 Å². The quantitative estimate of drug-likeness (QED) is 0.612. The van der Waals surface area contributed by atoms with Crippen LogP contribution in [-0.2, 0) is 0 Å². The van der Waals surface area contributed by atoms with E-state index in [2.05, 4.69) is 36.0 Å². The normalized spacial score (nSPS) is 12.6. The minimum atomic E-state index is 0.433. The van der Waals surface area contributed by atoms with Gasteiger partial charge in [-0.2, -0.15) is 4.79 Å². The molecule has 0 aliphatic carbocycles. The van der Waals surface area contributed by atoms with Gasteiger partial charge in [0.15, 0.2) is 0 Å². The van der Waals surface area contributed by atoms with Crippen molar-refractivity contribution < 1.29 is 0 Å². The Morgan fingerprint density at radius 3 is 2.78 bits per heavy atom. The van der Waals surface area contributed by atoms with Crippen LogP contribution in [0.25, 0.3) is 0 Å². The van der Waals surface area contributed by atoms with Crippen LogP contribution in [0.1, 0.15) is 65.2 Å². The first-order valence-electron chi connectivity index (χ1n) is 7.27. The van der Waals surface area contributed by atoms with E-state index < -0.39 is 0 Å². The molecule has 1 aromatic heterocycles. The molecule has 0 saturated heterocycles. The number of aromatic nitrogens is 3. The van der Waals surface area contributed by atoms with Crippen molar-refractivity contribution in [3.8, 4) is 0 Å². The molecule has 0 spiro atoms. The van der Waals surface area contributed by atoms with Gasteiger partial charge in [0.2, 0.25) is 0 Å². The lowest BCUT2D eigenvalue weighted by molar-refractivity contribution is 0.568. The van der Waals surface area contributed by atoms with Gasteiger partial charge in [0.25, 0.3) is 0 Å². The van der Waals surface area contributed by atoms with Crippen molar-refractivity contribution in [1.82, 2.24) is 15.1 Å². The Morgan fingerprint density at radius 2 is 2.06 bits per heavy atom. The number of unbranched alkanes of at least 4 members (excludes halogenated alkanes) is 7. The summed E-state index contributed by atoms with van der Waals surface area (Å²) >= 11 is 0. The second-order valence-corrected chi connectivity index (χ2v) is 4.95. The van der Waals surface area contributed by atoms with Gasteiger partial charge in [-0.1, -0.05) is 45.4 Å². The highest BCUT2D eigenvalue weighted by molar-refractivity contribution is 4.80. The lowest BCUT2D eigenvalue weighted by Gasteiger charge is -2.13. The first-order chi connectivity index (χ1) is 8.83. The Labute approximate surface area is 111 Å². The summed E-state index contributed by atoms with van der Waals surface area (Å²) < 4.78 is 0. The van der Waals surface area contributed by atoms with Crippen molar-refractivity contribution in [3.63, 3.8) is 0 Å². The number of hydrogen-bond donors (Lipinski definition) is 1. The Hall–Kier alpha value is -1.06. The van der Waals surface area contributed by atoms with Crippen LogP contribution in [0.5, 0.6) is 0 Å². The molecule has 103 valence electrons. The van der Waals surface area contributed by atoms with Gasteiger partial charge >= 0.3 is 0 Å². The van der Waals surface area contributed by atoms with Crippen molar-refractivity contribution >= 4 is 0 Å². The van der Waals surface area contributed by atoms with Gasteiger partial charge in [0.05, 0.1) is 12.4 Å². The molecule has 1 heterocycles. The number of nitrogens with one attached hydrogen (secondary N) is 1. The Bertz CT molecular complexity index is 271. The molecule has 1 rings (SSSR count). The summed E-state index contributed by atoms with van der Waals surface area (Å²) in [5.41, 5.74) is 3.26. The van der Waals surface area contributed by atoms with Crippen LogP contribution in [0.15, 0.2) is 12.4 Å². The number of hydrogen-bond acceptors (Lipinski definition) is 3. The third kappa shape index (κ3) is 7.30. The summed E-state index contributed by atoms with van der Waals surface area (Å²) in [5.74, 6) is 0. The van der Waals surface area contributed by atoms with E-state index in [0.717, 1.165) is 6.42 Å². The molecule has 1 atom stereocenters. The van der Waals surface area contributed by atoms with Crippen molar-refractivity contribution in [1.29, 1.82) is 0 Å². The second-order valence-electron chi connectivity index (χ2n) is 4.95. The maximum Gasteiger partial charge on any atom is 0.0715 e. The van der Waals surface area contributed by atoms with Gasteiger partial charge in [0.1, 0.15) is 0 Å². The molecule has 0 amide bonds. The molecule has 1 unspecified atom stereocenters. The van der Waals surface area contributed by atoms with Crippen LogP contribution < -0.4 is 5.43 Å². The summed E-state index contributed by atoms with van der Waals surface area (Å²) in [6, 6.07) is 0.433. The molecule has 4 nitrogen and oxygen atoms in total. The Kier molecular flexibility index (Phi) is 8.26. The SMILES string of the molecule is CCCCCCC[CH]CCC(C)Nn1ccnn1. The Balaban J connectivity index is 1.88. The highest BCUT2D eigenvalue weighted by Gasteiger charge is 2.01. The average Bonchev–Trinajstić information content (AvgIpc) is 2.85. The molecule has 0 bridgehead atoms. The molecule has 0 aliphatic rings. The third-order valence-corrected chi connectivity index (χ3v) is 3.09. The van der Waals surface area contributed by atoms with Crippen molar-refractivity contribution in [2.24, 2.45) is 0 Å². The summed E-state index contributed by atoms with van der Waals surface area (Å²) in [7, 11) is 0. The molecule has 18 heavy (non-hydrogen) atoms. The standard InChI is InChI=1S/C14H27N4/c1-3-4-5-6-7-8-9-10-11-14(2)16-18-13-12-15-17-18/h9,12-14,16H,3-8,10-11H2,1-2H3. The fourth-order valence-corrected chi connectivity index (χ4v) is 1.97. The molecular formula is C14H27N4. The zero-order valence-corrected chi connectivity index (χ0v) is 11.8. The van der Waals surface area contributed by atoms with Crippen molar-refractivity contribution in [2.75, 3.05) is 5.43 Å². The van der Waals surface area contributed by atoms with Crippen molar-refractivity contribution in [3.05, 3.63) is 18.8 Å². The van der Waals surface area contributed by atoms with Gasteiger partial charge in [-0.25, -0.2) is 0 Å². The molecule has 0 fully saturated rings. The van der Waals surface area contributed by atoms with Gasteiger partial charge in [-0.3, -0.25) is 0 Å². The summed E-state index contributed by atoms with van der Waals surface area (Å²) in [5, 5.41) is 7.65. The maximum absolute atomic E-state index is 3.89.